The first-order valence-corrected chi connectivity index (χ1v) is 4.99. The Labute approximate surface area is 82.4 Å². The Hall–Kier alpha value is -1.10. The molecule has 2 aliphatic carbocycles. The van der Waals surface area contributed by atoms with E-state index < -0.39 is 0 Å². The van der Waals surface area contributed by atoms with Crippen molar-refractivity contribution < 1.29 is 9.59 Å². The van der Waals surface area contributed by atoms with Crippen molar-refractivity contribution >= 4 is 11.8 Å². The van der Waals surface area contributed by atoms with Crippen LogP contribution in [0.15, 0.2) is 0 Å². The first-order chi connectivity index (χ1) is 6.66. The molecule has 0 spiro atoms. The second-order valence-electron chi connectivity index (χ2n) is 4.07. The van der Waals surface area contributed by atoms with Gasteiger partial charge in [-0.3, -0.25) is 9.59 Å². The molecule has 0 heterocycles. The molecule has 78 valence electrons. The minimum absolute atomic E-state index is 0.00138. The molecule has 5 nitrogen and oxygen atoms in total. The lowest BCUT2D eigenvalue weighted by Gasteiger charge is -2.04. The predicted molar refractivity (Wildman–Crippen MR) is 50.3 cm³/mol. The van der Waals surface area contributed by atoms with Gasteiger partial charge >= 0.3 is 0 Å². The average molecular weight is 197 g/mol. The maximum atomic E-state index is 11.3. The van der Waals surface area contributed by atoms with E-state index in [1.165, 1.54) is 0 Å². The minimum Gasteiger partial charge on any atom is -0.352 e. The van der Waals surface area contributed by atoms with Crippen molar-refractivity contribution in [3.8, 4) is 0 Å². The second-order valence-corrected chi connectivity index (χ2v) is 4.07. The van der Waals surface area contributed by atoms with Crippen molar-refractivity contribution in [3.05, 3.63) is 0 Å². The van der Waals surface area contributed by atoms with E-state index in [4.69, 9.17) is 5.73 Å². The predicted octanol–water partition coefficient (Wildman–Crippen LogP) is -1.27. The summed E-state index contributed by atoms with van der Waals surface area (Å²) < 4.78 is 0. The molecular formula is C9H15N3O2. The van der Waals surface area contributed by atoms with E-state index in [1.54, 1.807) is 0 Å². The van der Waals surface area contributed by atoms with Crippen molar-refractivity contribution in [2.75, 3.05) is 6.54 Å². The molecule has 0 saturated heterocycles. The quantitative estimate of drug-likeness (QED) is 0.525. The summed E-state index contributed by atoms with van der Waals surface area (Å²) in [6.07, 6.45) is 2.87. The van der Waals surface area contributed by atoms with Crippen LogP contribution in [-0.4, -0.2) is 30.4 Å². The summed E-state index contributed by atoms with van der Waals surface area (Å²) in [4.78, 5) is 22.4. The number of amides is 2. The van der Waals surface area contributed by atoms with Crippen molar-refractivity contribution in [2.45, 2.75) is 31.3 Å². The van der Waals surface area contributed by atoms with Crippen LogP contribution in [0.3, 0.4) is 0 Å². The van der Waals surface area contributed by atoms with Gasteiger partial charge in [0, 0.05) is 12.1 Å². The summed E-state index contributed by atoms with van der Waals surface area (Å²) >= 11 is 0. The molecule has 0 aromatic carbocycles. The fourth-order valence-corrected chi connectivity index (χ4v) is 1.32. The first kappa shape index (κ1) is 9.45. The molecule has 2 amide bonds. The molecule has 0 aromatic heterocycles. The molecule has 0 radical (unpaired) electrons. The highest BCUT2D eigenvalue weighted by atomic mass is 16.2. The Balaban J connectivity index is 1.61. The number of carbonyl (C=O) groups excluding carboxylic acids is 2. The van der Waals surface area contributed by atoms with Gasteiger partial charge in [-0.25, -0.2) is 0 Å². The van der Waals surface area contributed by atoms with E-state index in [0.29, 0.717) is 6.04 Å². The molecule has 0 aliphatic heterocycles. The van der Waals surface area contributed by atoms with Crippen molar-refractivity contribution in [2.24, 2.45) is 11.7 Å². The third-order valence-corrected chi connectivity index (χ3v) is 2.54. The molecule has 14 heavy (non-hydrogen) atoms. The zero-order valence-corrected chi connectivity index (χ0v) is 7.95. The second kappa shape index (κ2) is 3.57. The largest absolute Gasteiger partial charge is 0.352 e. The zero-order valence-electron chi connectivity index (χ0n) is 7.95. The van der Waals surface area contributed by atoms with E-state index in [1.807, 2.05) is 0 Å². The van der Waals surface area contributed by atoms with Gasteiger partial charge in [0.25, 0.3) is 0 Å². The van der Waals surface area contributed by atoms with Crippen molar-refractivity contribution in [1.29, 1.82) is 0 Å². The molecule has 2 fully saturated rings. The van der Waals surface area contributed by atoms with Gasteiger partial charge in [-0.05, 0) is 19.3 Å². The molecule has 0 aromatic rings. The lowest BCUT2D eigenvalue weighted by atomic mass is 10.3. The fourth-order valence-electron chi connectivity index (χ4n) is 1.32. The molecule has 4 N–H and O–H groups in total. The van der Waals surface area contributed by atoms with Crippen LogP contribution in [0.4, 0.5) is 0 Å². The van der Waals surface area contributed by atoms with Crippen molar-refractivity contribution in [3.63, 3.8) is 0 Å². The Morgan fingerprint density at radius 1 is 1.36 bits per heavy atom. The Morgan fingerprint density at radius 3 is 2.50 bits per heavy atom. The number of rotatable bonds is 4. The van der Waals surface area contributed by atoms with Crippen LogP contribution in [0, 0.1) is 5.92 Å². The highest BCUT2D eigenvalue weighted by Gasteiger charge is 2.39. The number of nitrogens with two attached hydrogens (primary N) is 1. The van der Waals surface area contributed by atoms with Gasteiger partial charge < -0.3 is 16.4 Å². The number of hydrogen-bond donors (Lipinski definition) is 3. The average Bonchev–Trinajstić information content (AvgIpc) is 3.00. The lowest BCUT2D eigenvalue weighted by molar-refractivity contribution is -0.126. The van der Waals surface area contributed by atoms with Gasteiger partial charge in [0.05, 0.1) is 12.5 Å². The van der Waals surface area contributed by atoms with Gasteiger partial charge in [-0.1, -0.05) is 0 Å². The van der Waals surface area contributed by atoms with Gasteiger partial charge in [0.1, 0.15) is 0 Å². The summed E-state index contributed by atoms with van der Waals surface area (Å²) in [5, 5.41) is 5.37. The van der Waals surface area contributed by atoms with Gasteiger partial charge in [0.15, 0.2) is 0 Å². The Bertz CT molecular complexity index is 263. The SMILES string of the molecule is NC1CC1C(=O)NCC(=O)NC1CC1. The van der Waals surface area contributed by atoms with Gasteiger partial charge in [-0.15, -0.1) is 0 Å². The summed E-state index contributed by atoms with van der Waals surface area (Å²) in [5.74, 6) is -0.262. The van der Waals surface area contributed by atoms with E-state index >= 15 is 0 Å². The molecule has 2 unspecified atom stereocenters. The highest BCUT2D eigenvalue weighted by molar-refractivity contribution is 5.87. The molecule has 2 aliphatic rings. The molecule has 2 saturated carbocycles. The minimum atomic E-state index is -0.102. The van der Waals surface area contributed by atoms with Crippen LogP contribution >= 0.6 is 0 Å². The smallest absolute Gasteiger partial charge is 0.239 e. The fraction of sp³-hybridized carbons (Fsp3) is 0.778. The normalized spacial score (nSPS) is 29.5. The van der Waals surface area contributed by atoms with Crippen LogP contribution < -0.4 is 16.4 Å². The molecule has 5 heteroatoms. The summed E-state index contributed by atoms with van der Waals surface area (Å²) in [5.41, 5.74) is 5.50. The summed E-state index contributed by atoms with van der Waals surface area (Å²) in [7, 11) is 0. The van der Waals surface area contributed by atoms with Crippen LogP contribution in [-0.2, 0) is 9.59 Å². The molecular weight excluding hydrogens is 182 g/mol. The van der Waals surface area contributed by atoms with Crippen LogP contribution in [0.2, 0.25) is 0 Å². The van der Waals surface area contributed by atoms with E-state index in [2.05, 4.69) is 10.6 Å². The topological polar surface area (TPSA) is 84.2 Å². The highest BCUT2D eigenvalue weighted by Crippen LogP contribution is 2.27. The van der Waals surface area contributed by atoms with E-state index in [9.17, 15) is 9.59 Å². The monoisotopic (exact) mass is 197 g/mol. The van der Waals surface area contributed by atoms with Gasteiger partial charge in [0.2, 0.25) is 11.8 Å². The standard InChI is InChI=1S/C9H15N3O2/c10-7-3-6(7)9(14)11-4-8(13)12-5-1-2-5/h5-7H,1-4,10H2,(H,11,14)(H,12,13). The molecule has 2 rings (SSSR count). The summed E-state index contributed by atoms with van der Waals surface area (Å²) in [6.45, 7) is 0.0819. The third kappa shape index (κ3) is 2.45. The molecule has 0 bridgehead atoms. The Morgan fingerprint density at radius 2 is 2.00 bits per heavy atom. The van der Waals surface area contributed by atoms with Crippen LogP contribution in [0.25, 0.3) is 0 Å². The van der Waals surface area contributed by atoms with Crippen LogP contribution in [0.1, 0.15) is 19.3 Å². The number of carbonyl (C=O) groups is 2. The Kier molecular flexibility index (Phi) is 2.41. The molecule has 2 atom stereocenters. The third-order valence-electron chi connectivity index (χ3n) is 2.54. The van der Waals surface area contributed by atoms with E-state index in [0.717, 1.165) is 19.3 Å². The van der Waals surface area contributed by atoms with E-state index in [-0.39, 0.29) is 30.3 Å². The maximum absolute atomic E-state index is 11.3. The van der Waals surface area contributed by atoms with Gasteiger partial charge in [-0.2, -0.15) is 0 Å². The lowest BCUT2D eigenvalue weighted by Crippen LogP contribution is -2.39. The first-order valence-electron chi connectivity index (χ1n) is 4.99. The number of hydrogen-bond acceptors (Lipinski definition) is 3. The zero-order chi connectivity index (χ0) is 10.1. The van der Waals surface area contributed by atoms with Crippen molar-refractivity contribution in [1.82, 2.24) is 10.6 Å². The number of nitrogens with one attached hydrogen (secondary N) is 2. The summed E-state index contributed by atoms with van der Waals surface area (Å²) in [6, 6.07) is 0.351. The maximum Gasteiger partial charge on any atom is 0.239 e. The van der Waals surface area contributed by atoms with Crippen LogP contribution in [0.5, 0.6) is 0 Å².